The van der Waals surface area contributed by atoms with Crippen LogP contribution in [0.2, 0.25) is 0 Å². The molecule has 1 rings (SSSR count). The molecule has 0 saturated carbocycles. The van der Waals surface area contributed by atoms with Crippen LogP contribution in [0.5, 0.6) is 0 Å². The first-order valence-electron chi connectivity index (χ1n) is 8.00. The molecule has 1 aliphatic heterocycles. The molecular formula is C16H34N2. The van der Waals surface area contributed by atoms with Crippen LogP contribution in [0.15, 0.2) is 0 Å². The molecule has 0 radical (unpaired) electrons. The Kier molecular flexibility index (Phi) is 7.25. The maximum absolute atomic E-state index is 3.69. The fraction of sp³-hybridized carbons (Fsp3) is 1.00. The molecule has 0 spiro atoms. The van der Waals surface area contributed by atoms with Gasteiger partial charge in [-0.15, -0.1) is 0 Å². The molecule has 0 aromatic carbocycles. The highest BCUT2D eigenvalue weighted by Gasteiger charge is 2.24. The van der Waals surface area contributed by atoms with Crippen molar-refractivity contribution in [3.63, 3.8) is 0 Å². The van der Waals surface area contributed by atoms with Gasteiger partial charge in [-0.3, -0.25) is 0 Å². The Balaban J connectivity index is 2.40. The van der Waals surface area contributed by atoms with Crippen molar-refractivity contribution in [1.29, 1.82) is 0 Å². The van der Waals surface area contributed by atoms with Gasteiger partial charge >= 0.3 is 0 Å². The van der Waals surface area contributed by atoms with Gasteiger partial charge in [-0.1, -0.05) is 34.6 Å². The molecular weight excluding hydrogens is 220 g/mol. The highest BCUT2D eigenvalue weighted by Crippen LogP contribution is 2.23. The van der Waals surface area contributed by atoms with Gasteiger partial charge in [0.15, 0.2) is 0 Å². The molecule has 1 saturated heterocycles. The number of hydrogen-bond acceptors (Lipinski definition) is 2. The lowest BCUT2D eigenvalue weighted by atomic mass is 9.84. The predicted octanol–water partition coefficient (Wildman–Crippen LogP) is 3.38. The Morgan fingerprint density at radius 3 is 2.39 bits per heavy atom. The van der Waals surface area contributed by atoms with Crippen molar-refractivity contribution < 1.29 is 0 Å². The largest absolute Gasteiger partial charge is 0.313 e. The summed E-state index contributed by atoms with van der Waals surface area (Å²) in [5.74, 6) is 2.44. The summed E-state index contributed by atoms with van der Waals surface area (Å²) in [6.45, 7) is 16.8. The summed E-state index contributed by atoms with van der Waals surface area (Å²) in [6.07, 6.45) is 3.98. The summed E-state index contributed by atoms with van der Waals surface area (Å²) >= 11 is 0. The van der Waals surface area contributed by atoms with Gasteiger partial charge in [0.2, 0.25) is 0 Å². The summed E-state index contributed by atoms with van der Waals surface area (Å²) in [4.78, 5) is 2.70. The Labute approximate surface area is 115 Å². The van der Waals surface area contributed by atoms with Gasteiger partial charge in [0.05, 0.1) is 0 Å². The monoisotopic (exact) mass is 254 g/mol. The lowest BCUT2D eigenvalue weighted by Crippen LogP contribution is -2.48. The highest BCUT2D eigenvalue weighted by molar-refractivity contribution is 4.81. The molecule has 0 bridgehead atoms. The van der Waals surface area contributed by atoms with E-state index in [-0.39, 0.29) is 0 Å². The summed E-state index contributed by atoms with van der Waals surface area (Å²) in [5.41, 5.74) is 0. The average Bonchev–Trinajstić information content (AvgIpc) is 2.33. The van der Waals surface area contributed by atoms with Gasteiger partial charge in [-0.2, -0.15) is 0 Å². The van der Waals surface area contributed by atoms with Crippen molar-refractivity contribution in [2.24, 2.45) is 17.8 Å². The first-order chi connectivity index (χ1) is 8.54. The minimum Gasteiger partial charge on any atom is -0.313 e. The maximum atomic E-state index is 3.69. The fourth-order valence-corrected chi connectivity index (χ4v) is 3.23. The summed E-state index contributed by atoms with van der Waals surface area (Å²) in [6, 6.07) is 0.735. The first kappa shape index (κ1) is 16.0. The third-order valence-corrected chi connectivity index (χ3v) is 4.37. The molecule has 1 fully saturated rings. The van der Waals surface area contributed by atoms with Crippen LogP contribution in [0.4, 0.5) is 0 Å². The van der Waals surface area contributed by atoms with Crippen LogP contribution in [0.3, 0.4) is 0 Å². The highest BCUT2D eigenvalue weighted by atomic mass is 15.2. The van der Waals surface area contributed by atoms with E-state index in [2.05, 4.69) is 44.8 Å². The first-order valence-corrected chi connectivity index (χ1v) is 8.00. The van der Waals surface area contributed by atoms with Crippen molar-refractivity contribution in [2.45, 2.75) is 59.9 Å². The summed E-state index contributed by atoms with van der Waals surface area (Å²) < 4.78 is 0. The number of piperidine rings is 1. The average molecular weight is 254 g/mol. The van der Waals surface area contributed by atoms with Crippen LogP contribution in [-0.4, -0.2) is 37.1 Å². The van der Waals surface area contributed by atoms with Crippen molar-refractivity contribution >= 4 is 0 Å². The second-order valence-corrected chi connectivity index (χ2v) is 6.70. The van der Waals surface area contributed by atoms with Crippen LogP contribution < -0.4 is 5.32 Å². The number of likely N-dealkylation sites (tertiary alicyclic amines) is 1. The lowest BCUT2D eigenvalue weighted by molar-refractivity contribution is 0.127. The topological polar surface area (TPSA) is 15.3 Å². The van der Waals surface area contributed by atoms with Crippen molar-refractivity contribution in [2.75, 3.05) is 26.2 Å². The smallest absolute Gasteiger partial charge is 0.0195 e. The van der Waals surface area contributed by atoms with Crippen molar-refractivity contribution in [3.05, 3.63) is 0 Å². The number of nitrogens with one attached hydrogen (secondary N) is 1. The molecule has 1 atom stereocenters. The van der Waals surface area contributed by atoms with Crippen LogP contribution >= 0.6 is 0 Å². The molecule has 0 aromatic heterocycles. The molecule has 2 heteroatoms. The zero-order valence-corrected chi connectivity index (χ0v) is 13.2. The zero-order chi connectivity index (χ0) is 13.5. The normalized spacial score (nSPS) is 22.3. The quantitative estimate of drug-likeness (QED) is 0.749. The van der Waals surface area contributed by atoms with E-state index in [0.717, 1.165) is 23.8 Å². The Morgan fingerprint density at radius 2 is 1.83 bits per heavy atom. The van der Waals surface area contributed by atoms with Crippen LogP contribution in [0.1, 0.15) is 53.9 Å². The van der Waals surface area contributed by atoms with Gasteiger partial charge in [-0.25, -0.2) is 0 Å². The molecule has 0 amide bonds. The minimum absolute atomic E-state index is 0.735. The van der Waals surface area contributed by atoms with Gasteiger partial charge in [0, 0.05) is 19.1 Å². The second-order valence-electron chi connectivity index (χ2n) is 6.70. The molecule has 1 unspecified atom stereocenters. The van der Waals surface area contributed by atoms with E-state index in [1.54, 1.807) is 0 Å². The van der Waals surface area contributed by atoms with Crippen LogP contribution in [-0.2, 0) is 0 Å². The van der Waals surface area contributed by atoms with Gasteiger partial charge < -0.3 is 10.2 Å². The standard InChI is InChI=1S/C16H34N2/c1-6-9-17-15-8-7-10-18(11-15)12-16(13(2)3)14(4)5/h13-17H,6-12H2,1-5H3. The summed E-state index contributed by atoms with van der Waals surface area (Å²) in [5, 5.41) is 3.69. The number of nitrogens with zero attached hydrogens (tertiary/aromatic N) is 1. The SMILES string of the molecule is CCCNC1CCCN(CC(C(C)C)C(C)C)C1. The van der Waals surface area contributed by atoms with E-state index in [1.807, 2.05) is 0 Å². The van der Waals surface area contributed by atoms with Crippen LogP contribution in [0.25, 0.3) is 0 Å². The third kappa shape index (κ3) is 5.27. The molecule has 0 aliphatic carbocycles. The zero-order valence-electron chi connectivity index (χ0n) is 13.2. The van der Waals surface area contributed by atoms with E-state index in [0.29, 0.717) is 0 Å². The third-order valence-electron chi connectivity index (χ3n) is 4.37. The van der Waals surface area contributed by atoms with Gasteiger partial charge in [0.25, 0.3) is 0 Å². The van der Waals surface area contributed by atoms with E-state index in [4.69, 9.17) is 0 Å². The fourth-order valence-electron chi connectivity index (χ4n) is 3.23. The Morgan fingerprint density at radius 1 is 1.17 bits per heavy atom. The lowest BCUT2D eigenvalue weighted by Gasteiger charge is -2.37. The van der Waals surface area contributed by atoms with Crippen molar-refractivity contribution in [1.82, 2.24) is 10.2 Å². The molecule has 108 valence electrons. The number of rotatable bonds is 7. The Hall–Kier alpha value is -0.0800. The second kappa shape index (κ2) is 8.16. The van der Waals surface area contributed by atoms with Gasteiger partial charge in [-0.05, 0) is 50.1 Å². The molecule has 18 heavy (non-hydrogen) atoms. The minimum atomic E-state index is 0.735. The Bertz CT molecular complexity index is 205. The molecule has 1 N–H and O–H groups in total. The molecule has 2 nitrogen and oxygen atoms in total. The van der Waals surface area contributed by atoms with E-state index < -0.39 is 0 Å². The van der Waals surface area contributed by atoms with E-state index in [1.165, 1.54) is 45.4 Å². The van der Waals surface area contributed by atoms with E-state index in [9.17, 15) is 0 Å². The van der Waals surface area contributed by atoms with Crippen molar-refractivity contribution in [3.8, 4) is 0 Å². The predicted molar refractivity (Wildman–Crippen MR) is 80.9 cm³/mol. The van der Waals surface area contributed by atoms with E-state index >= 15 is 0 Å². The number of hydrogen-bond donors (Lipinski definition) is 1. The molecule has 0 aromatic rings. The van der Waals surface area contributed by atoms with Gasteiger partial charge in [0.1, 0.15) is 0 Å². The summed E-state index contributed by atoms with van der Waals surface area (Å²) in [7, 11) is 0. The molecule has 1 heterocycles. The molecule has 1 aliphatic rings. The van der Waals surface area contributed by atoms with Crippen LogP contribution in [0, 0.1) is 17.8 Å². The maximum Gasteiger partial charge on any atom is 0.0195 e.